The van der Waals surface area contributed by atoms with Crippen LogP contribution in [-0.4, -0.2) is 30.3 Å². The van der Waals surface area contributed by atoms with Crippen molar-refractivity contribution in [2.24, 2.45) is 0 Å². The number of rotatable bonds is 2. The third kappa shape index (κ3) is 2.22. The average molecular weight is 235 g/mol. The van der Waals surface area contributed by atoms with E-state index < -0.39 is 5.97 Å². The van der Waals surface area contributed by atoms with Crippen LogP contribution in [0.25, 0.3) is 0 Å². The largest absolute Gasteiger partial charge is 0.478 e. The minimum Gasteiger partial charge on any atom is -0.478 e. The second kappa shape index (κ2) is 4.45. The Balaban J connectivity index is 2.30. The number of amides is 1. The molecule has 17 heavy (non-hydrogen) atoms. The Hall–Kier alpha value is -2.04. The van der Waals surface area contributed by atoms with Gasteiger partial charge in [-0.2, -0.15) is 0 Å². The maximum absolute atomic E-state index is 11.5. The molecule has 1 aliphatic heterocycles. The van der Waals surface area contributed by atoms with Crippen LogP contribution in [-0.2, 0) is 4.74 Å². The van der Waals surface area contributed by atoms with Crippen molar-refractivity contribution in [3.05, 3.63) is 29.3 Å². The highest BCUT2D eigenvalue weighted by Gasteiger charge is 2.22. The number of carbonyl (C=O) groups is 2. The van der Waals surface area contributed by atoms with Gasteiger partial charge >= 0.3 is 12.1 Å². The second-order valence-corrected chi connectivity index (χ2v) is 3.92. The average Bonchev–Trinajstić information content (AvgIpc) is 2.29. The van der Waals surface area contributed by atoms with Gasteiger partial charge in [0.25, 0.3) is 0 Å². The van der Waals surface area contributed by atoms with Gasteiger partial charge in [0.05, 0.1) is 12.2 Å². The van der Waals surface area contributed by atoms with Gasteiger partial charge in [-0.25, -0.2) is 9.59 Å². The Bertz CT molecular complexity index is 470. The van der Waals surface area contributed by atoms with Crippen LogP contribution < -0.4 is 4.90 Å². The van der Waals surface area contributed by atoms with Crippen LogP contribution in [0.5, 0.6) is 0 Å². The summed E-state index contributed by atoms with van der Waals surface area (Å²) in [5.41, 5.74) is 1.56. The topological polar surface area (TPSA) is 66.8 Å². The molecule has 1 aromatic carbocycles. The van der Waals surface area contributed by atoms with E-state index >= 15 is 0 Å². The minimum atomic E-state index is -0.963. The summed E-state index contributed by atoms with van der Waals surface area (Å²) in [4.78, 5) is 23.9. The van der Waals surface area contributed by atoms with E-state index in [0.29, 0.717) is 24.4 Å². The zero-order chi connectivity index (χ0) is 12.4. The molecule has 0 spiro atoms. The highest BCUT2D eigenvalue weighted by Crippen LogP contribution is 2.22. The molecule has 0 bridgehead atoms. The van der Waals surface area contributed by atoms with E-state index in [0.717, 1.165) is 6.42 Å². The highest BCUT2D eigenvalue weighted by molar-refractivity contribution is 5.92. The number of aromatic carboxylic acids is 1. The van der Waals surface area contributed by atoms with E-state index in [1.807, 2.05) is 0 Å². The lowest BCUT2D eigenvalue weighted by molar-refractivity contribution is 0.0696. The van der Waals surface area contributed by atoms with E-state index in [2.05, 4.69) is 0 Å². The van der Waals surface area contributed by atoms with Crippen molar-refractivity contribution < 1.29 is 19.4 Å². The normalized spacial score (nSPS) is 15.6. The Kier molecular flexibility index (Phi) is 2.99. The molecule has 0 aliphatic carbocycles. The molecule has 0 aromatic heterocycles. The van der Waals surface area contributed by atoms with Crippen LogP contribution in [0.4, 0.5) is 10.5 Å². The van der Waals surface area contributed by atoms with Crippen LogP contribution in [0.1, 0.15) is 22.3 Å². The van der Waals surface area contributed by atoms with Crippen molar-refractivity contribution in [1.29, 1.82) is 0 Å². The molecular weight excluding hydrogens is 222 g/mol. The quantitative estimate of drug-likeness (QED) is 0.851. The van der Waals surface area contributed by atoms with Crippen molar-refractivity contribution in [2.45, 2.75) is 13.3 Å². The first-order valence-electron chi connectivity index (χ1n) is 5.38. The third-order valence-electron chi connectivity index (χ3n) is 2.72. The number of carbonyl (C=O) groups excluding carboxylic acids is 1. The lowest BCUT2D eigenvalue weighted by Gasteiger charge is -2.26. The molecule has 1 fully saturated rings. The molecule has 0 radical (unpaired) electrons. The predicted molar refractivity (Wildman–Crippen MR) is 61.4 cm³/mol. The molecule has 0 atom stereocenters. The summed E-state index contributed by atoms with van der Waals surface area (Å²) in [5, 5.41) is 8.91. The molecule has 1 aliphatic rings. The second-order valence-electron chi connectivity index (χ2n) is 3.92. The molecule has 1 N–H and O–H groups in total. The van der Waals surface area contributed by atoms with Crippen LogP contribution in [0, 0.1) is 6.92 Å². The van der Waals surface area contributed by atoms with Gasteiger partial charge in [0, 0.05) is 12.2 Å². The van der Waals surface area contributed by atoms with Crippen LogP contribution in [0.3, 0.4) is 0 Å². The molecule has 1 heterocycles. The van der Waals surface area contributed by atoms with E-state index in [1.54, 1.807) is 19.1 Å². The van der Waals surface area contributed by atoms with E-state index in [-0.39, 0.29) is 11.7 Å². The smallest absolute Gasteiger partial charge is 0.414 e. The number of carboxylic acid groups (broad SMARTS) is 1. The fourth-order valence-corrected chi connectivity index (χ4v) is 1.84. The SMILES string of the molecule is Cc1cc(N2CCCOC2=O)ccc1C(=O)O. The number of cyclic esters (lactones) is 1. The Morgan fingerprint density at radius 1 is 1.47 bits per heavy atom. The maximum Gasteiger partial charge on any atom is 0.414 e. The molecule has 5 nitrogen and oxygen atoms in total. The number of anilines is 1. The third-order valence-corrected chi connectivity index (χ3v) is 2.72. The van der Waals surface area contributed by atoms with Crippen LogP contribution in [0.2, 0.25) is 0 Å². The molecule has 0 unspecified atom stereocenters. The lowest BCUT2D eigenvalue weighted by atomic mass is 10.1. The summed E-state index contributed by atoms with van der Waals surface area (Å²) >= 11 is 0. The summed E-state index contributed by atoms with van der Waals surface area (Å²) in [7, 11) is 0. The van der Waals surface area contributed by atoms with Gasteiger partial charge < -0.3 is 9.84 Å². The summed E-state index contributed by atoms with van der Waals surface area (Å²) in [6.07, 6.45) is 0.407. The first kappa shape index (κ1) is 11.4. The van der Waals surface area contributed by atoms with Crippen molar-refractivity contribution in [1.82, 2.24) is 0 Å². The van der Waals surface area contributed by atoms with Gasteiger partial charge in [0.15, 0.2) is 0 Å². The molecule has 5 heteroatoms. The van der Waals surface area contributed by atoms with Gasteiger partial charge in [-0.15, -0.1) is 0 Å². The number of carboxylic acids is 1. The number of hydrogen-bond donors (Lipinski definition) is 1. The number of nitrogens with zero attached hydrogens (tertiary/aromatic N) is 1. The molecule has 0 saturated carbocycles. The first-order valence-corrected chi connectivity index (χ1v) is 5.38. The predicted octanol–water partition coefficient (Wildman–Crippen LogP) is 2.04. The molecule has 1 amide bonds. The van der Waals surface area contributed by atoms with E-state index in [4.69, 9.17) is 9.84 Å². The number of hydrogen-bond acceptors (Lipinski definition) is 3. The molecule has 1 saturated heterocycles. The molecule has 2 rings (SSSR count). The van der Waals surface area contributed by atoms with Crippen molar-refractivity contribution in [3.8, 4) is 0 Å². The Morgan fingerprint density at radius 2 is 2.24 bits per heavy atom. The van der Waals surface area contributed by atoms with Crippen molar-refractivity contribution in [2.75, 3.05) is 18.1 Å². The van der Waals surface area contributed by atoms with Crippen molar-refractivity contribution in [3.63, 3.8) is 0 Å². The number of benzene rings is 1. The van der Waals surface area contributed by atoms with Gasteiger partial charge in [-0.3, -0.25) is 4.90 Å². The summed E-state index contributed by atoms with van der Waals surface area (Å²) in [6.45, 7) is 2.76. The highest BCUT2D eigenvalue weighted by atomic mass is 16.6. The summed E-state index contributed by atoms with van der Waals surface area (Å²) in [5.74, 6) is -0.963. The maximum atomic E-state index is 11.5. The van der Waals surface area contributed by atoms with Gasteiger partial charge in [0.2, 0.25) is 0 Å². The lowest BCUT2D eigenvalue weighted by Crippen LogP contribution is -2.37. The fourth-order valence-electron chi connectivity index (χ4n) is 1.84. The zero-order valence-corrected chi connectivity index (χ0v) is 9.47. The van der Waals surface area contributed by atoms with E-state index in [9.17, 15) is 9.59 Å². The van der Waals surface area contributed by atoms with E-state index in [1.165, 1.54) is 11.0 Å². The van der Waals surface area contributed by atoms with Crippen LogP contribution >= 0.6 is 0 Å². The fraction of sp³-hybridized carbons (Fsp3) is 0.333. The summed E-state index contributed by atoms with van der Waals surface area (Å²) in [6, 6.07) is 4.83. The first-order chi connectivity index (χ1) is 8.09. The monoisotopic (exact) mass is 235 g/mol. The zero-order valence-electron chi connectivity index (χ0n) is 9.47. The Morgan fingerprint density at radius 3 is 2.82 bits per heavy atom. The molecule has 1 aromatic rings. The van der Waals surface area contributed by atoms with Gasteiger partial charge in [-0.05, 0) is 37.1 Å². The van der Waals surface area contributed by atoms with Crippen LogP contribution in [0.15, 0.2) is 18.2 Å². The number of aryl methyl sites for hydroxylation is 1. The van der Waals surface area contributed by atoms with Gasteiger partial charge in [-0.1, -0.05) is 0 Å². The standard InChI is InChI=1S/C12H13NO4/c1-8-7-9(3-4-10(8)11(14)15)13-5-2-6-17-12(13)16/h3-4,7H,2,5-6H2,1H3,(H,14,15). The molecule has 90 valence electrons. The van der Waals surface area contributed by atoms with Gasteiger partial charge in [0.1, 0.15) is 0 Å². The molecular formula is C12H13NO4. The number of ether oxygens (including phenoxy) is 1. The summed E-state index contributed by atoms with van der Waals surface area (Å²) < 4.78 is 4.93. The minimum absolute atomic E-state index is 0.249. The Labute approximate surface area is 98.6 Å². The van der Waals surface area contributed by atoms with Crippen molar-refractivity contribution >= 4 is 17.7 Å².